The third-order valence-corrected chi connectivity index (χ3v) is 4.15. The van der Waals surface area contributed by atoms with E-state index in [9.17, 15) is 4.79 Å². The minimum Gasteiger partial charge on any atom is -0.381 e. The van der Waals surface area contributed by atoms with Gasteiger partial charge in [0.25, 0.3) is 0 Å². The summed E-state index contributed by atoms with van der Waals surface area (Å²) in [5, 5.41) is 6.50. The molecule has 110 valence electrons. The average molecular weight is 269 g/mol. The van der Waals surface area contributed by atoms with E-state index in [0.717, 1.165) is 52.2 Å². The van der Waals surface area contributed by atoms with E-state index in [2.05, 4.69) is 29.4 Å². The molecule has 0 aromatic carbocycles. The van der Waals surface area contributed by atoms with Gasteiger partial charge in [-0.15, -0.1) is 0 Å². The Morgan fingerprint density at radius 2 is 1.95 bits per heavy atom. The number of nitrogens with zero attached hydrogens (tertiary/aromatic N) is 1. The van der Waals surface area contributed by atoms with Crippen molar-refractivity contribution in [3.8, 4) is 0 Å². The zero-order chi connectivity index (χ0) is 13.7. The van der Waals surface area contributed by atoms with Gasteiger partial charge in [-0.3, -0.25) is 9.69 Å². The summed E-state index contributed by atoms with van der Waals surface area (Å²) in [7, 11) is 0. The van der Waals surface area contributed by atoms with Crippen LogP contribution in [0, 0.1) is 0 Å². The third kappa shape index (κ3) is 4.44. The monoisotopic (exact) mass is 269 g/mol. The van der Waals surface area contributed by atoms with E-state index in [1.807, 2.05) is 0 Å². The molecule has 2 fully saturated rings. The van der Waals surface area contributed by atoms with Crippen LogP contribution in [-0.2, 0) is 9.53 Å². The second-order valence-electron chi connectivity index (χ2n) is 6.18. The quantitative estimate of drug-likeness (QED) is 0.773. The fourth-order valence-corrected chi connectivity index (χ4v) is 2.90. The standard InChI is InChI=1S/C14H27N3O2/c1-14(2,17-7-5-15-6-8-17)11-13(18)16-12-3-9-19-10-4-12/h12,15H,3-11H2,1-2H3,(H,16,18). The van der Waals surface area contributed by atoms with Gasteiger partial charge in [0.2, 0.25) is 5.91 Å². The van der Waals surface area contributed by atoms with E-state index in [4.69, 9.17) is 4.74 Å². The van der Waals surface area contributed by atoms with Crippen LogP contribution in [-0.4, -0.2) is 61.8 Å². The van der Waals surface area contributed by atoms with Gasteiger partial charge in [0.05, 0.1) is 0 Å². The lowest BCUT2D eigenvalue weighted by atomic mass is 9.96. The van der Waals surface area contributed by atoms with Gasteiger partial charge in [-0.2, -0.15) is 0 Å². The van der Waals surface area contributed by atoms with E-state index < -0.39 is 0 Å². The average Bonchev–Trinajstić information content (AvgIpc) is 2.40. The number of ether oxygens (including phenoxy) is 1. The van der Waals surface area contributed by atoms with Crippen LogP contribution in [0.15, 0.2) is 0 Å². The van der Waals surface area contributed by atoms with E-state index in [1.165, 1.54) is 0 Å². The van der Waals surface area contributed by atoms with Crippen molar-refractivity contribution < 1.29 is 9.53 Å². The fraction of sp³-hybridized carbons (Fsp3) is 0.929. The molecule has 5 nitrogen and oxygen atoms in total. The minimum absolute atomic E-state index is 0.0582. The van der Waals surface area contributed by atoms with Crippen molar-refractivity contribution in [2.75, 3.05) is 39.4 Å². The topological polar surface area (TPSA) is 53.6 Å². The Hall–Kier alpha value is -0.650. The Bertz CT molecular complexity index is 295. The second-order valence-corrected chi connectivity index (χ2v) is 6.18. The molecule has 0 saturated carbocycles. The molecule has 2 saturated heterocycles. The molecule has 19 heavy (non-hydrogen) atoms. The summed E-state index contributed by atoms with van der Waals surface area (Å²) < 4.78 is 5.31. The summed E-state index contributed by atoms with van der Waals surface area (Å²) in [5.41, 5.74) is -0.0582. The summed E-state index contributed by atoms with van der Waals surface area (Å²) in [6, 6.07) is 0.306. The highest BCUT2D eigenvalue weighted by molar-refractivity contribution is 5.77. The molecular formula is C14H27N3O2. The van der Waals surface area contributed by atoms with E-state index in [1.54, 1.807) is 0 Å². The number of carbonyl (C=O) groups is 1. The van der Waals surface area contributed by atoms with Gasteiger partial charge in [-0.05, 0) is 26.7 Å². The van der Waals surface area contributed by atoms with Crippen LogP contribution >= 0.6 is 0 Å². The van der Waals surface area contributed by atoms with Crippen LogP contribution in [0.1, 0.15) is 33.1 Å². The molecule has 0 unspecified atom stereocenters. The van der Waals surface area contributed by atoms with Gasteiger partial charge in [0, 0.05) is 57.4 Å². The zero-order valence-electron chi connectivity index (χ0n) is 12.2. The molecule has 0 aliphatic carbocycles. The molecule has 1 amide bonds. The molecule has 2 aliphatic heterocycles. The van der Waals surface area contributed by atoms with Crippen molar-refractivity contribution in [3.05, 3.63) is 0 Å². The van der Waals surface area contributed by atoms with Gasteiger partial charge in [-0.25, -0.2) is 0 Å². The number of hydrogen-bond acceptors (Lipinski definition) is 4. The highest BCUT2D eigenvalue weighted by Gasteiger charge is 2.30. The lowest BCUT2D eigenvalue weighted by molar-refractivity contribution is -0.125. The van der Waals surface area contributed by atoms with Gasteiger partial charge < -0.3 is 15.4 Å². The number of piperazine rings is 1. The first kappa shape index (κ1) is 14.8. The Balaban J connectivity index is 1.79. The van der Waals surface area contributed by atoms with Gasteiger partial charge in [-0.1, -0.05) is 0 Å². The summed E-state index contributed by atoms with van der Waals surface area (Å²) in [6.45, 7) is 9.97. The first-order valence-electron chi connectivity index (χ1n) is 7.41. The molecule has 2 N–H and O–H groups in total. The molecule has 0 atom stereocenters. The largest absolute Gasteiger partial charge is 0.381 e. The molecule has 2 heterocycles. The molecule has 2 aliphatic rings. The Morgan fingerprint density at radius 3 is 2.58 bits per heavy atom. The van der Waals surface area contributed by atoms with Crippen molar-refractivity contribution in [3.63, 3.8) is 0 Å². The molecule has 2 rings (SSSR count). The van der Waals surface area contributed by atoms with Crippen LogP contribution in [0.5, 0.6) is 0 Å². The minimum atomic E-state index is -0.0582. The SMILES string of the molecule is CC(C)(CC(=O)NC1CCOCC1)N1CCNCC1. The molecule has 0 aromatic heterocycles. The highest BCUT2D eigenvalue weighted by Crippen LogP contribution is 2.19. The van der Waals surface area contributed by atoms with Crippen molar-refractivity contribution in [1.29, 1.82) is 0 Å². The van der Waals surface area contributed by atoms with Crippen molar-refractivity contribution in [2.24, 2.45) is 0 Å². The fourth-order valence-electron chi connectivity index (χ4n) is 2.90. The first-order chi connectivity index (χ1) is 9.08. The number of hydrogen-bond donors (Lipinski definition) is 2. The van der Waals surface area contributed by atoms with Gasteiger partial charge in [0.1, 0.15) is 0 Å². The van der Waals surface area contributed by atoms with Crippen LogP contribution in [0.4, 0.5) is 0 Å². The van der Waals surface area contributed by atoms with Gasteiger partial charge >= 0.3 is 0 Å². The van der Waals surface area contributed by atoms with Crippen molar-refractivity contribution in [2.45, 2.75) is 44.7 Å². The highest BCUT2D eigenvalue weighted by atomic mass is 16.5. The first-order valence-corrected chi connectivity index (χ1v) is 7.41. The Kier molecular flexibility index (Phi) is 5.19. The molecule has 5 heteroatoms. The normalized spacial score (nSPS) is 23.3. The summed E-state index contributed by atoms with van der Waals surface area (Å²) in [6.07, 6.45) is 2.46. The van der Waals surface area contributed by atoms with E-state index in [-0.39, 0.29) is 11.4 Å². The lowest BCUT2D eigenvalue weighted by Gasteiger charge is -2.41. The maximum Gasteiger partial charge on any atom is 0.222 e. The maximum atomic E-state index is 12.2. The number of rotatable bonds is 4. The summed E-state index contributed by atoms with van der Waals surface area (Å²) >= 11 is 0. The third-order valence-electron chi connectivity index (χ3n) is 4.15. The van der Waals surface area contributed by atoms with E-state index in [0.29, 0.717) is 12.5 Å². The predicted octanol–water partition coefficient (Wildman–Crippen LogP) is 0.356. The van der Waals surface area contributed by atoms with Crippen molar-refractivity contribution >= 4 is 5.91 Å². The maximum absolute atomic E-state index is 12.2. The Morgan fingerprint density at radius 1 is 1.32 bits per heavy atom. The van der Waals surface area contributed by atoms with Crippen LogP contribution in [0.3, 0.4) is 0 Å². The molecule has 0 radical (unpaired) electrons. The van der Waals surface area contributed by atoms with Crippen LogP contribution in [0.25, 0.3) is 0 Å². The predicted molar refractivity (Wildman–Crippen MR) is 75.1 cm³/mol. The van der Waals surface area contributed by atoms with Crippen LogP contribution < -0.4 is 10.6 Å². The molecule has 0 bridgehead atoms. The summed E-state index contributed by atoms with van der Waals surface area (Å²) in [5.74, 6) is 0.176. The smallest absolute Gasteiger partial charge is 0.222 e. The number of nitrogens with one attached hydrogen (secondary N) is 2. The van der Waals surface area contributed by atoms with E-state index >= 15 is 0 Å². The molecule has 0 spiro atoms. The molecular weight excluding hydrogens is 242 g/mol. The summed E-state index contributed by atoms with van der Waals surface area (Å²) in [4.78, 5) is 14.6. The lowest BCUT2D eigenvalue weighted by Crippen LogP contribution is -2.55. The van der Waals surface area contributed by atoms with Gasteiger partial charge in [0.15, 0.2) is 0 Å². The molecule has 0 aromatic rings. The second kappa shape index (κ2) is 6.68. The Labute approximate surface area is 116 Å². The van der Waals surface area contributed by atoms with Crippen LogP contribution in [0.2, 0.25) is 0 Å². The number of carbonyl (C=O) groups excluding carboxylic acids is 1. The number of amides is 1. The zero-order valence-corrected chi connectivity index (χ0v) is 12.2. The van der Waals surface area contributed by atoms with Crippen molar-refractivity contribution in [1.82, 2.24) is 15.5 Å².